The minimum atomic E-state index is -4.81. The van der Waals surface area contributed by atoms with Gasteiger partial charge in [0.05, 0.1) is 57.5 Å². The van der Waals surface area contributed by atoms with Crippen molar-refractivity contribution in [2.75, 3.05) is 155 Å². The van der Waals surface area contributed by atoms with E-state index in [0.717, 1.165) is 36.5 Å². The van der Waals surface area contributed by atoms with E-state index in [4.69, 9.17) is 19.2 Å². The van der Waals surface area contributed by atoms with Crippen molar-refractivity contribution in [3.63, 3.8) is 0 Å². The normalized spacial score (nSPS) is 15.3. The van der Waals surface area contributed by atoms with Crippen LogP contribution in [-0.4, -0.2) is 282 Å². The van der Waals surface area contributed by atoms with Crippen molar-refractivity contribution in [3.8, 4) is 5.75 Å². The van der Waals surface area contributed by atoms with Gasteiger partial charge in [0, 0.05) is 103 Å². The molecule has 2 aliphatic rings. The first kappa shape index (κ1) is 76.7. The molecule has 3 aromatic rings. The van der Waals surface area contributed by atoms with E-state index in [1.807, 2.05) is 6.07 Å². The van der Waals surface area contributed by atoms with Gasteiger partial charge in [-0.15, -0.1) is 0 Å². The van der Waals surface area contributed by atoms with Crippen LogP contribution in [0.15, 0.2) is 53.4 Å². The molecule has 94 heavy (non-hydrogen) atoms. The minimum absolute atomic E-state index is 0.0347. The lowest BCUT2D eigenvalue weighted by Gasteiger charge is -2.33. The molecule has 2 atom stereocenters. The van der Waals surface area contributed by atoms with E-state index in [1.54, 1.807) is 34.1 Å². The number of rotatable bonds is 38. The Labute approximate surface area is 544 Å². The summed E-state index contributed by atoms with van der Waals surface area (Å²) in [6, 6.07) is 10.4. The zero-order valence-corrected chi connectivity index (χ0v) is 54.2. The van der Waals surface area contributed by atoms with E-state index in [1.165, 1.54) is 41.3 Å². The second-order valence-corrected chi connectivity index (χ2v) is 25.6. The van der Waals surface area contributed by atoms with Gasteiger partial charge in [0.2, 0.25) is 33.7 Å². The number of carboxylic acid groups (broad SMARTS) is 4. The third kappa shape index (κ3) is 29.1. The van der Waals surface area contributed by atoms with E-state index in [9.17, 15) is 85.0 Å². The molecule has 0 spiro atoms. The van der Waals surface area contributed by atoms with Crippen LogP contribution in [0.5, 0.6) is 5.75 Å². The monoisotopic (exact) mass is 1360 g/mol. The van der Waals surface area contributed by atoms with Crippen molar-refractivity contribution in [2.45, 2.75) is 69.4 Å². The van der Waals surface area contributed by atoms with Crippen molar-refractivity contribution >= 4 is 79.4 Å². The predicted molar refractivity (Wildman–Crippen MR) is 337 cm³/mol. The third-order valence-corrected chi connectivity index (χ3v) is 17.3. The summed E-state index contributed by atoms with van der Waals surface area (Å²) in [5.74, 6) is -8.12. The van der Waals surface area contributed by atoms with Gasteiger partial charge in [-0.1, -0.05) is 18.2 Å². The standard InChI is InChI=1S/C59H86N12O21S2/c1-40-31-46(32-41(2)55(40)94(88,89)67-47(59(83)84)33-64-57(81)44-10-7-42(8-11-44)9-13-45-14-12-43-5-3-15-62-56(43)65-45)92-27-4-6-49(72)60-16-17-61-51(74)38-91-30-29-90-28-18-63-58(82)48(39-93(85,86)87)66-50(73)34-68-19-21-69(35-52(75)76)23-25-71(37-54(79)80)26-24-70(22-20-68)36-53(77)78/h7-8,10-12,14,31-32,47-48,67H,3-6,9,13,15-30,33-39H2,1-2H3,(H,60,72)(H,61,74)(H,62,65)(H,63,82)(H,64,81)(H,66,73)(H,75,76)(H,77,78)(H,79,80)(H,83,84)(H,85,86,87)/t47-,48+/m1/s1. The number of benzene rings is 2. The fourth-order valence-electron chi connectivity index (χ4n) is 10.1. The molecule has 1 aromatic heterocycles. The molecule has 520 valence electrons. The number of fused-ring (bicyclic) bond motifs is 1. The molecular formula is C59H86N12O21S2. The number of sulfonamides is 1. The molecule has 35 heteroatoms. The maximum absolute atomic E-state index is 13.6. The molecule has 0 unspecified atom stereocenters. The Morgan fingerprint density at radius 3 is 1.76 bits per heavy atom. The van der Waals surface area contributed by atoms with Crippen LogP contribution in [0.3, 0.4) is 0 Å². The highest BCUT2D eigenvalue weighted by Crippen LogP contribution is 2.27. The third-order valence-electron chi connectivity index (χ3n) is 14.7. The Morgan fingerprint density at radius 1 is 0.628 bits per heavy atom. The highest BCUT2D eigenvalue weighted by Gasteiger charge is 2.31. The van der Waals surface area contributed by atoms with Crippen molar-refractivity contribution in [3.05, 3.63) is 82.0 Å². The number of amides is 5. The molecule has 2 aliphatic heterocycles. The first-order valence-corrected chi connectivity index (χ1v) is 33.6. The number of carboxylic acids is 4. The summed E-state index contributed by atoms with van der Waals surface area (Å²) in [6.07, 6.45) is 3.78. The fourth-order valence-corrected chi connectivity index (χ4v) is 12.4. The van der Waals surface area contributed by atoms with E-state index in [2.05, 4.69) is 42.7 Å². The largest absolute Gasteiger partial charge is 0.494 e. The van der Waals surface area contributed by atoms with Gasteiger partial charge in [0.25, 0.3) is 16.0 Å². The molecular weight excluding hydrogens is 1280 g/mol. The van der Waals surface area contributed by atoms with E-state index >= 15 is 0 Å². The molecule has 0 bridgehead atoms. The SMILES string of the molecule is Cc1cc(OCCCC(=O)NCCNC(=O)COCCOCCNC(=O)[C@H](CS(=O)(=O)O)NC(=O)CN2CCN(CC(=O)O)CCN(CC(=O)O)CCN(CC(=O)O)CC2)cc(C)c1S(=O)(=O)N[C@H](CNC(=O)c1ccc(CCc2ccc3c(n2)NCCC3)cc1)C(=O)O. The van der Waals surface area contributed by atoms with Crippen LogP contribution in [-0.2, 0) is 87.2 Å². The van der Waals surface area contributed by atoms with Gasteiger partial charge in [0.15, 0.2) is 0 Å². The number of aliphatic carboxylic acids is 4. The lowest BCUT2D eigenvalue weighted by Crippen LogP contribution is -2.54. The number of hydrogen-bond acceptors (Lipinski definition) is 22. The number of pyridine rings is 1. The van der Waals surface area contributed by atoms with Crippen LogP contribution in [0, 0.1) is 13.8 Å². The summed E-state index contributed by atoms with van der Waals surface area (Å²) in [5, 5.41) is 54.1. The summed E-state index contributed by atoms with van der Waals surface area (Å²) >= 11 is 0. The summed E-state index contributed by atoms with van der Waals surface area (Å²) in [6.45, 7) is 2.13. The quantitative estimate of drug-likeness (QED) is 0.0207. The van der Waals surface area contributed by atoms with Crippen LogP contribution in [0.4, 0.5) is 5.82 Å². The number of aromatic nitrogens is 1. The lowest BCUT2D eigenvalue weighted by atomic mass is 10.0. The first-order valence-electron chi connectivity index (χ1n) is 30.5. The zero-order chi connectivity index (χ0) is 68.8. The molecule has 0 aliphatic carbocycles. The number of carbonyl (C=O) groups is 9. The van der Waals surface area contributed by atoms with Crippen molar-refractivity contribution < 1.29 is 99.2 Å². The van der Waals surface area contributed by atoms with Crippen molar-refractivity contribution in [1.82, 2.24) is 55.9 Å². The van der Waals surface area contributed by atoms with Crippen LogP contribution in [0.2, 0.25) is 0 Å². The van der Waals surface area contributed by atoms with E-state index in [0.29, 0.717) is 18.6 Å². The minimum Gasteiger partial charge on any atom is -0.494 e. The Balaban J connectivity index is 0.931. The molecule has 0 saturated carbocycles. The first-order chi connectivity index (χ1) is 44.6. The number of ether oxygens (including phenoxy) is 3. The lowest BCUT2D eigenvalue weighted by molar-refractivity contribution is -0.140. The number of nitrogens with one attached hydrogen (secondary N) is 7. The average Bonchev–Trinajstić information content (AvgIpc) is 0.802. The summed E-state index contributed by atoms with van der Waals surface area (Å²) in [5.41, 5.74) is 3.91. The topological polar surface area (TPSA) is 461 Å². The van der Waals surface area contributed by atoms with Crippen LogP contribution in [0.25, 0.3) is 0 Å². The number of carbonyl (C=O) groups excluding carboxylic acids is 5. The van der Waals surface area contributed by atoms with E-state index in [-0.39, 0.29) is 152 Å². The molecule has 33 nitrogen and oxygen atoms in total. The summed E-state index contributed by atoms with van der Waals surface area (Å²) in [4.78, 5) is 122. The molecule has 0 radical (unpaired) electrons. The Morgan fingerprint density at radius 2 is 1.19 bits per heavy atom. The van der Waals surface area contributed by atoms with Gasteiger partial charge in [-0.2, -0.15) is 13.1 Å². The number of nitrogens with zero attached hydrogens (tertiary/aromatic N) is 5. The van der Waals surface area contributed by atoms with Gasteiger partial charge in [0.1, 0.15) is 36.0 Å². The molecule has 5 amide bonds. The molecule has 3 heterocycles. The van der Waals surface area contributed by atoms with Gasteiger partial charge in [-0.05, 0) is 98.5 Å². The number of hydrogen-bond donors (Lipinski definition) is 12. The average molecular weight is 1360 g/mol. The smallest absolute Gasteiger partial charge is 0.323 e. The van der Waals surface area contributed by atoms with Gasteiger partial charge >= 0.3 is 23.9 Å². The molecule has 1 saturated heterocycles. The van der Waals surface area contributed by atoms with Crippen LogP contribution in [0.1, 0.15) is 57.6 Å². The molecule has 1 fully saturated rings. The second kappa shape index (κ2) is 39.0. The Bertz CT molecular complexity index is 3250. The zero-order valence-electron chi connectivity index (χ0n) is 52.6. The fraction of sp³-hybridized carbons (Fsp3) is 0.559. The summed E-state index contributed by atoms with van der Waals surface area (Å²) in [7, 11) is -9.23. The van der Waals surface area contributed by atoms with Crippen molar-refractivity contribution in [2.24, 2.45) is 0 Å². The van der Waals surface area contributed by atoms with Crippen LogP contribution >= 0.6 is 0 Å². The maximum Gasteiger partial charge on any atom is 0.323 e. The maximum atomic E-state index is 13.6. The van der Waals surface area contributed by atoms with E-state index < -0.39 is 112 Å². The molecule has 5 rings (SSSR count). The predicted octanol–water partition coefficient (Wildman–Crippen LogP) is -2.61. The summed E-state index contributed by atoms with van der Waals surface area (Å²) < 4.78 is 79.2. The van der Waals surface area contributed by atoms with Gasteiger partial charge < -0.3 is 66.5 Å². The molecule has 2 aromatic carbocycles. The highest BCUT2D eigenvalue weighted by atomic mass is 32.2. The second-order valence-electron chi connectivity index (χ2n) is 22.4. The highest BCUT2D eigenvalue weighted by molar-refractivity contribution is 7.89. The Hall–Kier alpha value is -8.00. The number of aryl methyl sites for hydroxylation is 5. The van der Waals surface area contributed by atoms with Crippen LogP contribution < -0.4 is 41.4 Å². The number of anilines is 1. The van der Waals surface area contributed by atoms with Crippen molar-refractivity contribution in [1.29, 1.82) is 0 Å². The molecule has 12 N–H and O–H groups in total. The van der Waals surface area contributed by atoms with Gasteiger partial charge in [-0.3, -0.25) is 67.3 Å². The Kier molecular flexibility index (Phi) is 31.8. The van der Waals surface area contributed by atoms with Gasteiger partial charge in [-0.25, -0.2) is 13.4 Å².